The number of hydrogen-bond acceptors (Lipinski definition) is 5. The first-order valence-electron chi connectivity index (χ1n) is 8.22. The summed E-state index contributed by atoms with van der Waals surface area (Å²) in [6.45, 7) is 1.35. The molecule has 0 saturated carbocycles. The number of nitrogens with zero attached hydrogens (tertiary/aromatic N) is 3. The molecule has 6 nitrogen and oxygen atoms in total. The number of pyridine rings is 1. The molecule has 0 amide bonds. The SMILES string of the molecule is COc1ccc(-c2ccnn2-c2ccncc2)cc1OC1CCOC1. The minimum Gasteiger partial charge on any atom is -0.493 e. The van der Waals surface area contributed by atoms with E-state index in [1.165, 1.54) is 0 Å². The van der Waals surface area contributed by atoms with E-state index in [1.54, 1.807) is 25.7 Å². The highest BCUT2D eigenvalue weighted by Crippen LogP contribution is 2.34. The molecule has 0 radical (unpaired) electrons. The summed E-state index contributed by atoms with van der Waals surface area (Å²) in [5.41, 5.74) is 2.93. The van der Waals surface area contributed by atoms with Gasteiger partial charge in [-0.3, -0.25) is 4.98 Å². The quantitative estimate of drug-likeness (QED) is 0.716. The van der Waals surface area contributed by atoms with E-state index in [0.717, 1.165) is 35.7 Å². The highest BCUT2D eigenvalue weighted by Gasteiger charge is 2.20. The molecular formula is C19H19N3O3. The average Bonchev–Trinajstić information content (AvgIpc) is 3.34. The lowest BCUT2D eigenvalue weighted by atomic mass is 10.1. The van der Waals surface area contributed by atoms with Crippen LogP contribution in [0.5, 0.6) is 11.5 Å². The first-order chi connectivity index (χ1) is 12.3. The Morgan fingerprint density at radius 2 is 1.96 bits per heavy atom. The Kier molecular flexibility index (Phi) is 4.35. The number of methoxy groups -OCH3 is 1. The molecule has 1 fully saturated rings. The van der Waals surface area contributed by atoms with Crippen molar-refractivity contribution in [3.8, 4) is 28.4 Å². The molecule has 3 heterocycles. The standard InChI is InChI=1S/C19H19N3O3/c1-23-18-3-2-14(12-19(18)25-16-7-11-24-13-16)17-6-10-21-22(17)15-4-8-20-9-5-15/h2-6,8-10,12,16H,7,11,13H2,1H3. The van der Waals surface area contributed by atoms with Gasteiger partial charge >= 0.3 is 0 Å². The Morgan fingerprint density at radius 1 is 1.08 bits per heavy atom. The first kappa shape index (κ1) is 15.7. The van der Waals surface area contributed by atoms with Crippen molar-refractivity contribution in [3.05, 3.63) is 55.0 Å². The fraction of sp³-hybridized carbons (Fsp3) is 0.263. The van der Waals surface area contributed by atoms with Crippen LogP contribution in [0.25, 0.3) is 16.9 Å². The van der Waals surface area contributed by atoms with Crippen LogP contribution in [-0.4, -0.2) is 41.2 Å². The van der Waals surface area contributed by atoms with E-state index in [2.05, 4.69) is 10.1 Å². The van der Waals surface area contributed by atoms with Gasteiger partial charge < -0.3 is 14.2 Å². The molecule has 128 valence electrons. The minimum atomic E-state index is 0.0641. The predicted molar refractivity (Wildman–Crippen MR) is 93.2 cm³/mol. The van der Waals surface area contributed by atoms with Crippen LogP contribution in [-0.2, 0) is 4.74 Å². The first-order valence-corrected chi connectivity index (χ1v) is 8.22. The Labute approximate surface area is 146 Å². The van der Waals surface area contributed by atoms with E-state index in [-0.39, 0.29) is 6.10 Å². The molecule has 4 rings (SSSR count). The summed E-state index contributed by atoms with van der Waals surface area (Å²) in [6, 6.07) is 11.7. The van der Waals surface area contributed by atoms with Crippen molar-refractivity contribution in [1.29, 1.82) is 0 Å². The van der Waals surface area contributed by atoms with E-state index in [1.807, 2.05) is 41.1 Å². The van der Waals surface area contributed by atoms with Gasteiger partial charge in [0.15, 0.2) is 11.5 Å². The Bertz CT molecular complexity index is 842. The Balaban J connectivity index is 1.70. The summed E-state index contributed by atoms with van der Waals surface area (Å²) < 4.78 is 18.8. The molecule has 1 aliphatic heterocycles. The maximum absolute atomic E-state index is 6.09. The topological polar surface area (TPSA) is 58.4 Å². The van der Waals surface area contributed by atoms with Crippen LogP contribution in [0.15, 0.2) is 55.0 Å². The highest BCUT2D eigenvalue weighted by molar-refractivity contribution is 5.66. The maximum atomic E-state index is 6.09. The van der Waals surface area contributed by atoms with Gasteiger partial charge in [-0.15, -0.1) is 0 Å². The van der Waals surface area contributed by atoms with Crippen molar-refractivity contribution in [1.82, 2.24) is 14.8 Å². The van der Waals surface area contributed by atoms with Crippen LogP contribution in [0, 0.1) is 0 Å². The van der Waals surface area contributed by atoms with Gasteiger partial charge in [-0.05, 0) is 36.4 Å². The van der Waals surface area contributed by atoms with Crippen molar-refractivity contribution in [2.45, 2.75) is 12.5 Å². The molecule has 1 unspecified atom stereocenters. The summed E-state index contributed by atoms with van der Waals surface area (Å²) in [5, 5.41) is 4.44. The second-order valence-electron chi connectivity index (χ2n) is 5.80. The van der Waals surface area contributed by atoms with E-state index in [0.29, 0.717) is 12.4 Å². The number of ether oxygens (including phenoxy) is 3. The summed E-state index contributed by atoms with van der Waals surface area (Å²) in [7, 11) is 1.65. The van der Waals surface area contributed by atoms with Gasteiger partial charge in [0, 0.05) is 24.4 Å². The lowest BCUT2D eigenvalue weighted by Gasteiger charge is -2.16. The van der Waals surface area contributed by atoms with E-state index < -0.39 is 0 Å². The second kappa shape index (κ2) is 6.94. The van der Waals surface area contributed by atoms with Gasteiger partial charge in [0.25, 0.3) is 0 Å². The van der Waals surface area contributed by atoms with Crippen LogP contribution in [0.3, 0.4) is 0 Å². The number of aromatic nitrogens is 3. The van der Waals surface area contributed by atoms with E-state index >= 15 is 0 Å². The minimum absolute atomic E-state index is 0.0641. The van der Waals surface area contributed by atoms with Crippen LogP contribution in [0.2, 0.25) is 0 Å². The largest absolute Gasteiger partial charge is 0.493 e. The van der Waals surface area contributed by atoms with Crippen LogP contribution in [0.4, 0.5) is 0 Å². The van der Waals surface area contributed by atoms with Gasteiger partial charge in [0.1, 0.15) is 6.10 Å². The Morgan fingerprint density at radius 3 is 2.72 bits per heavy atom. The lowest BCUT2D eigenvalue weighted by molar-refractivity contribution is 0.138. The number of hydrogen-bond donors (Lipinski definition) is 0. The fourth-order valence-electron chi connectivity index (χ4n) is 2.93. The zero-order valence-corrected chi connectivity index (χ0v) is 14.0. The van der Waals surface area contributed by atoms with Gasteiger partial charge in [-0.2, -0.15) is 5.10 Å². The molecule has 1 aliphatic rings. The summed E-state index contributed by atoms with van der Waals surface area (Å²) in [4.78, 5) is 4.06. The molecule has 25 heavy (non-hydrogen) atoms. The highest BCUT2D eigenvalue weighted by atomic mass is 16.6. The van der Waals surface area contributed by atoms with E-state index in [9.17, 15) is 0 Å². The van der Waals surface area contributed by atoms with Gasteiger partial charge in [0.05, 0.1) is 37.9 Å². The van der Waals surface area contributed by atoms with Gasteiger partial charge in [-0.25, -0.2) is 4.68 Å². The summed E-state index contributed by atoms with van der Waals surface area (Å²) in [6.07, 6.45) is 6.25. The van der Waals surface area contributed by atoms with E-state index in [4.69, 9.17) is 14.2 Å². The monoisotopic (exact) mass is 337 g/mol. The zero-order chi connectivity index (χ0) is 17.1. The molecular weight excluding hydrogens is 318 g/mol. The molecule has 1 saturated heterocycles. The molecule has 1 aromatic carbocycles. The summed E-state index contributed by atoms with van der Waals surface area (Å²) >= 11 is 0. The van der Waals surface area contributed by atoms with Crippen LogP contribution >= 0.6 is 0 Å². The number of rotatable bonds is 5. The van der Waals surface area contributed by atoms with Crippen LogP contribution < -0.4 is 9.47 Å². The normalized spacial score (nSPS) is 16.8. The molecule has 0 N–H and O–H groups in total. The molecule has 2 aromatic heterocycles. The van der Waals surface area contributed by atoms with Crippen LogP contribution in [0.1, 0.15) is 6.42 Å². The second-order valence-corrected chi connectivity index (χ2v) is 5.80. The van der Waals surface area contributed by atoms with Crippen molar-refractivity contribution < 1.29 is 14.2 Å². The average molecular weight is 337 g/mol. The van der Waals surface area contributed by atoms with Crippen molar-refractivity contribution in [2.24, 2.45) is 0 Å². The van der Waals surface area contributed by atoms with Crippen molar-refractivity contribution >= 4 is 0 Å². The molecule has 1 atom stereocenters. The summed E-state index contributed by atoms with van der Waals surface area (Å²) in [5.74, 6) is 1.43. The molecule has 3 aromatic rings. The lowest BCUT2D eigenvalue weighted by Crippen LogP contribution is -2.16. The fourth-order valence-corrected chi connectivity index (χ4v) is 2.93. The van der Waals surface area contributed by atoms with Gasteiger partial charge in [0.2, 0.25) is 0 Å². The predicted octanol–water partition coefficient (Wildman–Crippen LogP) is 3.11. The molecule has 0 bridgehead atoms. The molecule has 6 heteroatoms. The third-order valence-electron chi connectivity index (χ3n) is 4.19. The third kappa shape index (κ3) is 3.21. The smallest absolute Gasteiger partial charge is 0.162 e. The third-order valence-corrected chi connectivity index (χ3v) is 4.19. The Hall–Kier alpha value is -2.86. The van der Waals surface area contributed by atoms with Gasteiger partial charge in [-0.1, -0.05) is 0 Å². The maximum Gasteiger partial charge on any atom is 0.162 e. The molecule has 0 spiro atoms. The zero-order valence-electron chi connectivity index (χ0n) is 14.0. The van der Waals surface area contributed by atoms with Crippen molar-refractivity contribution in [2.75, 3.05) is 20.3 Å². The molecule has 0 aliphatic carbocycles. The van der Waals surface area contributed by atoms with Crippen molar-refractivity contribution in [3.63, 3.8) is 0 Å². The number of benzene rings is 1.